The van der Waals surface area contributed by atoms with E-state index in [4.69, 9.17) is 32.7 Å². The fraction of sp³-hybridized carbons (Fsp3) is 0.294. The smallest absolute Gasteiger partial charge is 0.255 e. The number of nitrogens with one attached hydrogen (secondary N) is 1. The Morgan fingerprint density at radius 1 is 1.25 bits per heavy atom. The Morgan fingerprint density at radius 2 is 1.92 bits per heavy atom. The Morgan fingerprint density at radius 3 is 2.50 bits per heavy atom. The summed E-state index contributed by atoms with van der Waals surface area (Å²) in [6.45, 7) is 3.96. The zero-order valence-corrected chi connectivity index (χ0v) is 15.1. The van der Waals surface area contributed by atoms with Crippen molar-refractivity contribution in [2.45, 2.75) is 26.4 Å². The summed E-state index contributed by atoms with van der Waals surface area (Å²) in [7, 11) is 1.55. The van der Waals surface area contributed by atoms with E-state index < -0.39 is 0 Å². The van der Waals surface area contributed by atoms with Gasteiger partial charge in [0.15, 0.2) is 11.5 Å². The van der Waals surface area contributed by atoms with Crippen molar-refractivity contribution in [3.8, 4) is 11.5 Å². The quantitative estimate of drug-likeness (QED) is 0.793. The monoisotopic (exact) mass is 368 g/mol. The van der Waals surface area contributed by atoms with Gasteiger partial charge in [-0.25, -0.2) is 0 Å². The Balaban J connectivity index is 2.28. The Hall–Kier alpha value is -1.98. The first-order valence-electron chi connectivity index (χ1n) is 7.41. The summed E-state index contributed by atoms with van der Waals surface area (Å²) in [5.74, 6) is 0.708. The van der Waals surface area contributed by atoms with Gasteiger partial charge in [-0.3, -0.25) is 9.78 Å². The van der Waals surface area contributed by atoms with Gasteiger partial charge in [-0.2, -0.15) is 0 Å². The minimum Gasteiger partial charge on any atom is -0.493 e. The van der Waals surface area contributed by atoms with Crippen molar-refractivity contribution in [1.82, 2.24) is 4.98 Å². The zero-order valence-electron chi connectivity index (χ0n) is 13.6. The fourth-order valence-electron chi connectivity index (χ4n) is 1.93. The lowest BCUT2D eigenvalue weighted by Crippen LogP contribution is -2.14. The maximum absolute atomic E-state index is 12.5. The van der Waals surface area contributed by atoms with Crippen LogP contribution < -0.4 is 14.8 Å². The van der Waals surface area contributed by atoms with Gasteiger partial charge in [0, 0.05) is 18.0 Å². The highest BCUT2D eigenvalue weighted by Crippen LogP contribution is 2.32. The molecule has 2 aromatic rings. The first-order chi connectivity index (χ1) is 11.5. The molecule has 0 bridgehead atoms. The molecule has 1 aromatic carbocycles. The molecule has 1 aromatic heterocycles. The third kappa shape index (κ3) is 4.30. The van der Waals surface area contributed by atoms with Gasteiger partial charge in [0.1, 0.15) is 0 Å². The molecular formula is C17H18Cl2N2O3. The number of anilines is 1. The van der Waals surface area contributed by atoms with Crippen LogP contribution in [0.4, 0.5) is 5.69 Å². The largest absolute Gasteiger partial charge is 0.493 e. The first kappa shape index (κ1) is 18.4. The van der Waals surface area contributed by atoms with Gasteiger partial charge in [0.2, 0.25) is 0 Å². The van der Waals surface area contributed by atoms with E-state index in [1.165, 1.54) is 12.4 Å². The van der Waals surface area contributed by atoms with Gasteiger partial charge in [0.05, 0.1) is 28.9 Å². The molecule has 0 aliphatic rings. The zero-order chi connectivity index (χ0) is 17.7. The molecule has 5 nitrogen and oxygen atoms in total. The lowest BCUT2D eigenvalue weighted by Gasteiger charge is -2.16. The maximum atomic E-state index is 12.5. The van der Waals surface area contributed by atoms with Gasteiger partial charge in [-0.15, -0.1) is 0 Å². The number of ether oxygens (including phenoxy) is 2. The lowest BCUT2D eigenvalue weighted by molar-refractivity contribution is 0.102. The highest BCUT2D eigenvalue weighted by molar-refractivity contribution is 6.39. The molecule has 0 spiro atoms. The average molecular weight is 369 g/mol. The van der Waals surface area contributed by atoms with E-state index in [0.717, 1.165) is 6.42 Å². The van der Waals surface area contributed by atoms with E-state index >= 15 is 0 Å². The van der Waals surface area contributed by atoms with Crippen LogP contribution in [0.1, 0.15) is 30.6 Å². The first-order valence-corrected chi connectivity index (χ1v) is 8.16. The second-order valence-electron chi connectivity index (χ2n) is 5.13. The summed E-state index contributed by atoms with van der Waals surface area (Å²) < 4.78 is 11.1. The van der Waals surface area contributed by atoms with Crippen LogP contribution in [0.3, 0.4) is 0 Å². The summed E-state index contributed by atoms with van der Waals surface area (Å²) in [5.41, 5.74) is 0.719. The number of carbonyl (C=O) groups excluding carboxylic acids is 1. The molecule has 0 saturated heterocycles. The van der Waals surface area contributed by atoms with E-state index in [1.54, 1.807) is 25.3 Å². The maximum Gasteiger partial charge on any atom is 0.255 e. The molecule has 0 aliphatic heterocycles. The molecule has 1 heterocycles. The number of amides is 1. The van der Waals surface area contributed by atoms with Crippen LogP contribution in [-0.4, -0.2) is 24.1 Å². The fourth-order valence-corrected chi connectivity index (χ4v) is 2.39. The molecule has 24 heavy (non-hydrogen) atoms. The Kier molecular flexibility index (Phi) is 6.29. The summed E-state index contributed by atoms with van der Waals surface area (Å²) in [6.07, 6.45) is 3.66. The van der Waals surface area contributed by atoms with E-state index in [1.807, 2.05) is 13.8 Å². The number of hydrogen-bond acceptors (Lipinski definition) is 4. The van der Waals surface area contributed by atoms with Crippen LogP contribution in [0.25, 0.3) is 0 Å². The molecule has 2 rings (SSSR count). The number of aromatic nitrogens is 1. The highest BCUT2D eigenvalue weighted by atomic mass is 35.5. The second kappa shape index (κ2) is 8.22. The van der Waals surface area contributed by atoms with Gasteiger partial charge in [-0.05, 0) is 31.5 Å². The van der Waals surface area contributed by atoms with Gasteiger partial charge < -0.3 is 14.8 Å². The van der Waals surface area contributed by atoms with Gasteiger partial charge in [0.25, 0.3) is 5.91 Å². The Bertz CT molecular complexity index is 718. The van der Waals surface area contributed by atoms with Crippen molar-refractivity contribution in [3.63, 3.8) is 0 Å². The van der Waals surface area contributed by atoms with Crippen LogP contribution in [0.2, 0.25) is 10.0 Å². The summed E-state index contributed by atoms with van der Waals surface area (Å²) in [4.78, 5) is 16.3. The number of methoxy groups -OCH3 is 1. The van der Waals surface area contributed by atoms with Gasteiger partial charge in [-0.1, -0.05) is 30.1 Å². The number of pyridine rings is 1. The van der Waals surface area contributed by atoms with Crippen molar-refractivity contribution in [3.05, 3.63) is 46.2 Å². The molecule has 0 aliphatic carbocycles. The number of rotatable bonds is 6. The summed E-state index contributed by atoms with van der Waals surface area (Å²) in [5, 5.41) is 3.22. The number of carbonyl (C=O) groups is 1. The van der Waals surface area contributed by atoms with Crippen molar-refractivity contribution in [2.24, 2.45) is 0 Å². The van der Waals surface area contributed by atoms with E-state index in [-0.39, 0.29) is 22.1 Å². The van der Waals surface area contributed by atoms with Crippen molar-refractivity contribution < 1.29 is 14.3 Å². The van der Waals surface area contributed by atoms with Crippen LogP contribution >= 0.6 is 23.2 Å². The van der Waals surface area contributed by atoms with Crippen molar-refractivity contribution >= 4 is 34.8 Å². The third-order valence-corrected chi connectivity index (χ3v) is 3.99. The van der Waals surface area contributed by atoms with Crippen LogP contribution in [0.5, 0.6) is 11.5 Å². The molecular weight excluding hydrogens is 351 g/mol. The summed E-state index contributed by atoms with van der Waals surface area (Å²) in [6, 6.07) is 4.95. The van der Waals surface area contributed by atoms with E-state index in [0.29, 0.717) is 22.7 Å². The molecule has 1 atom stereocenters. The summed E-state index contributed by atoms with van der Waals surface area (Å²) >= 11 is 12.0. The average Bonchev–Trinajstić information content (AvgIpc) is 2.57. The lowest BCUT2D eigenvalue weighted by atomic mass is 10.1. The van der Waals surface area contributed by atoms with Crippen molar-refractivity contribution in [2.75, 3.05) is 12.4 Å². The third-order valence-electron chi connectivity index (χ3n) is 3.42. The number of benzene rings is 1. The standard InChI is InChI=1S/C17H18Cl2N2O3/c1-4-10(2)24-15-7-11(5-6-14(15)23-3)17(22)21-16-12(18)8-20-9-13(16)19/h5-10H,4H2,1-3H3,(H,20,21,22). The number of nitrogens with zero attached hydrogens (tertiary/aromatic N) is 1. The highest BCUT2D eigenvalue weighted by Gasteiger charge is 2.15. The van der Waals surface area contributed by atoms with E-state index in [2.05, 4.69) is 10.3 Å². The van der Waals surface area contributed by atoms with E-state index in [9.17, 15) is 4.79 Å². The Labute approximate surface area is 150 Å². The molecule has 0 saturated carbocycles. The predicted octanol–water partition coefficient (Wildman–Crippen LogP) is 4.83. The molecule has 1 N–H and O–H groups in total. The molecule has 128 valence electrons. The molecule has 0 fully saturated rings. The van der Waals surface area contributed by atoms with Crippen molar-refractivity contribution in [1.29, 1.82) is 0 Å². The minimum atomic E-state index is -0.360. The molecule has 1 unspecified atom stereocenters. The van der Waals surface area contributed by atoms with Crippen LogP contribution in [0.15, 0.2) is 30.6 Å². The predicted molar refractivity (Wildman–Crippen MR) is 95.6 cm³/mol. The van der Waals surface area contributed by atoms with Gasteiger partial charge >= 0.3 is 0 Å². The number of hydrogen-bond donors (Lipinski definition) is 1. The SMILES string of the molecule is CCC(C)Oc1cc(C(=O)Nc2c(Cl)cncc2Cl)ccc1OC. The number of halogens is 2. The molecule has 0 radical (unpaired) electrons. The normalized spacial score (nSPS) is 11.7. The molecule has 1 amide bonds. The minimum absolute atomic E-state index is 0.00120. The topological polar surface area (TPSA) is 60.5 Å². The van der Waals surface area contributed by atoms with Crippen LogP contribution in [0, 0.1) is 0 Å². The van der Waals surface area contributed by atoms with Crippen LogP contribution in [-0.2, 0) is 0 Å². The second-order valence-corrected chi connectivity index (χ2v) is 5.95. The molecule has 7 heteroatoms.